The summed E-state index contributed by atoms with van der Waals surface area (Å²) < 4.78 is 26.9. The lowest BCUT2D eigenvalue weighted by molar-refractivity contribution is 0.105. The molecule has 0 amide bonds. The van der Waals surface area contributed by atoms with Crippen molar-refractivity contribution in [2.24, 2.45) is 0 Å². The number of aliphatic hydroxyl groups is 2. The summed E-state index contributed by atoms with van der Waals surface area (Å²) in [5, 5.41) is 18.7. The molecule has 20 heavy (non-hydrogen) atoms. The van der Waals surface area contributed by atoms with Crippen LogP contribution in [0.25, 0.3) is 0 Å². The van der Waals surface area contributed by atoms with Gasteiger partial charge in [-0.25, -0.2) is 13.1 Å². The topological polar surface area (TPSA) is 113 Å². The van der Waals surface area contributed by atoms with Gasteiger partial charge in [-0.1, -0.05) is 30.1 Å². The number of halogens is 2. The summed E-state index contributed by atoms with van der Waals surface area (Å²) >= 11 is 11.6. The van der Waals surface area contributed by atoms with Crippen LogP contribution in [0, 0.1) is 0 Å². The number of hydrogen-bond donors (Lipinski definition) is 4. The predicted octanol–water partition coefficient (Wildman–Crippen LogP) is 0.987. The third kappa shape index (κ3) is 3.55. The molecule has 0 atom stereocenters. The predicted molar refractivity (Wildman–Crippen MR) is 78.4 cm³/mol. The molecule has 114 valence electrons. The summed E-state index contributed by atoms with van der Waals surface area (Å²) in [4.78, 5) is -0.330. The highest BCUT2D eigenvalue weighted by Gasteiger charge is 2.34. The van der Waals surface area contributed by atoms with Crippen LogP contribution in [0.4, 0.5) is 5.69 Å². The van der Waals surface area contributed by atoms with Crippen molar-refractivity contribution in [3.8, 4) is 0 Å². The van der Waals surface area contributed by atoms with Crippen molar-refractivity contribution < 1.29 is 18.6 Å². The number of nitrogens with one attached hydrogen (secondary N) is 1. The molecule has 0 unspecified atom stereocenters. The molecule has 9 heteroatoms. The Morgan fingerprint density at radius 3 is 2.25 bits per heavy atom. The van der Waals surface area contributed by atoms with Crippen LogP contribution in [-0.2, 0) is 10.0 Å². The van der Waals surface area contributed by atoms with Gasteiger partial charge in [0.15, 0.2) is 0 Å². The molecule has 0 aliphatic rings. The SMILES string of the molecule is CCC(CO)(CO)NS(=O)(=O)c1c(N)cc(Cl)cc1Cl. The van der Waals surface area contributed by atoms with Crippen molar-refractivity contribution in [2.45, 2.75) is 23.8 Å². The maximum absolute atomic E-state index is 12.3. The minimum atomic E-state index is -4.12. The summed E-state index contributed by atoms with van der Waals surface area (Å²) in [7, 11) is -4.12. The van der Waals surface area contributed by atoms with Gasteiger partial charge in [-0.05, 0) is 18.6 Å². The molecule has 0 fully saturated rings. The summed E-state index contributed by atoms with van der Waals surface area (Å²) in [6.45, 7) is 0.497. The molecule has 0 saturated heterocycles. The molecule has 0 aliphatic carbocycles. The molecule has 0 saturated carbocycles. The lowest BCUT2D eigenvalue weighted by Gasteiger charge is -2.29. The van der Waals surface area contributed by atoms with E-state index in [4.69, 9.17) is 28.9 Å². The van der Waals surface area contributed by atoms with E-state index in [0.717, 1.165) is 0 Å². The van der Waals surface area contributed by atoms with E-state index < -0.39 is 28.8 Å². The first-order valence-electron chi connectivity index (χ1n) is 5.71. The van der Waals surface area contributed by atoms with Gasteiger partial charge in [0.05, 0.1) is 29.5 Å². The van der Waals surface area contributed by atoms with E-state index in [-0.39, 0.29) is 27.0 Å². The molecule has 0 bridgehead atoms. The molecule has 1 aromatic rings. The fourth-order valence-electron chi connectivity index (χ4n) is 1.61. The quantitative estimate of drug-likeness (QED) is 0.576. The lowest BCUT2D eigenvalue weighted by atomic mass is 10.0. The van der Waals surface area contributed by atoms with Gasteiger partial charge in [-0.15, -0.1) is 0 Å². The number of rotatable bonds is 6. The Labute approximate surface area is 127 Å². The third-order valence-electron chi connectivity index (χ3n) is 2.94. The highest BCUT2D eigenvalue weighted by molar-refractivity contribution is 7.89. The van der Waals surface area contributed by atoms with Crippen LogP contribution in [0.1, 0.15) is 13.3 Å². The number of anilines is 1. The number of benzene rings is 1. The van der Waals surface area contributed by atoms with Gasteiger partial charge in [-0.2, -0.15) is 0 Å². The molecular weight excluding hydrogens is 327 g/mol. The zero-order chi connectivity index (χ0) is 15.6. The van der Waals surface area contributed by atoms with Gasteiger partial charge in [0.2, 0.25) is 10.0 Å². The first kappa shape index (κ1) is 17.5. The molecule has 0 radical (unpaired) electrons. The summed E-state index contributed by atoms with van der Waals surface area (Å²) in [6, 6.07) is 2.51. The molecule has 0 heterocycles. The zero-order valence-corrected chi connectivity index (χ0v) is 13.1. The molecule has 0 aromatic heterocycles. The summed E-state index contributed by atoms with van der Waals surface area (Å²) in [5.41, 5.74) is 4.14. The van der Waals surface area contributed by atoms with Crippen LogP contribution in [0.15, 0.2) is 17.0 Å². The number of aliphatic hydroxyl groups excluding tert-OH is 2. The van der Waals surface area contributed by atoms with Crippen LogP contribution in [-0.4, -0.2) is 37.4 Å². The molecule has 6 nitrogen and oxygen atoms in total. The van der Waals surface area contributed by atoms with Crippen LogP contribution in [0.2, 0.25) is 10.0 Å². The molecule has 1 aromatic carbocycles. The molecular formula is C11H16Cl2N2O4S. The van der Waals surface area contributed by atoms with E-state index in [9.17, 15) is 18.6 Å². The average Bonchev–Trinajstić information content (AvgIpc) is 2.34. The van der Waals surface area contributed by atoms with E-state index in [1.54, 1.807) is 6.92 Å². The van der Waals surface area contributed by atoms with Gasteiger partial charge in [-0.3, -0.25) is 0 Å². The Balaban J connectivity index is 3.32. The van der Waals surface area contributed by atoms with Crippen molar-refractivity contribution in [1.82, 2.24) is 4.72 Å². The molecule has 0 spiro atoms. The van der Waals surface area contributed by atoms with E-state index in [2.05, 4.69) is 4.72 Å². The first-order chi connectivity index (χ1) is 9.21. The molecule has 0 aliphatic heterocycles. The van der Waals surface area contributed by atoms with Crippen molar-refractivity contribution in [3.63, 3.8) is 0 Å². The van der Waals surface area contributed by atoms with E-state index in [1.165, 1.54) is 12.1 Å². The Morgan fingerprint density at radius 1 is 1.30 bits per heavy atom. The summed E-state index contributed by atoms with van der Waals surface area (Å²) in [5.74, 6) is 0. The zero-order valence-electron chi connectivity index (χ0n) is 10.7. The lowest BCUT2D eigenvalue weighted by Crippen LogP contribution is -2.53. The van der Waals surface area contributed by atoms with Crippen molar-refractivity contribution in [2.75, 3.05) is 18.9 Å². The largest absolute Gasteiger partial charge is 0.398 e. The van der Waals surface area contributed by atoms with Crippen molar-refractivity contribution >= 4 is 38.9 Å². The Hall–Kier alpha value is -0.570. The minimum absolute atomic E-state index is 0.115. The van der Waals surface area contributed by atoms with Gasteiger partial charge in [0.1, 0.15) is 4.90 Å². The van der Waals surface area contributed by atoms with Gasteiger partial charge >= 0.3 is 0 Å². The van der Waals surface area contributed by atoms with Crippen molar-refractivity contribution in [1.29, 1.82) is 0 Å². The normalized spacial score (nSPS) is 12.7. The Kier molecular flexibility index (Phi) is 5.65. The van der Waals surface area contributed by atoms with E-state index in [0.29, 0.717) is 0 Å². The second kappa shape index (κ2) is 6.46. The highest BCUT2D eigenvalue weighted by Crippen LogP contribution is 2.31. The van der Waals surface area contributed by atoms with E-state index in [1.807, 2.05) is 0 Å². The monoisotopic (exact) mass is 342 g/mol. The number of nitrogen functional groups attached to an aromatic ring is 1. The van der Waals surface area contributed by atoms with Crippen LogP contribution in [0.5, 0.6) is 0 Å². The fourth-order valence-corrected chi connectivity index (χ4v) is 4.05. The first-order valence-corrected chi connectivity index (χ1v) is 7.95. The maximum Gasteiger partial charge on any atom is 0.244 e. The van der Waals surface area contributed by atoms with Gasteiger partial charge in [0, 0.05) is 5.02 Å². The average molecular weight is 343 g/mol. The fraction of sp³-hybridized carbons (Fsp3) is 0.455. The molecule has 1 rings (SSSR count). The van der Waals surface area contributed by atoms with Gasteiger partial charge < -0.3 is 15.9 Å². The number of hydrogen-bond acceptors (Lipinski definition) is 5. The molecule has 5 N–H and O–H groups in total. The second-order valence-corrected chi connectivity index (χ2v) is 6.82. The van der Waals surface area contributed by atoms with Crippen LogP contribution >= 0.6 is 23.2 Å². The van der Waals surface area contributed by atoms with Crippen LogP contribution < -0.4 is 10.5 Å². The standard InChI is InChI=1S/C11H16Cl2N2O4S/c1-2-11(5-16,6-17)15-20(18,19)10-8(13)3-7(12)4-9(10)14/h3-4,15-17H,2,5-6,14H2,1H3. The van der Waals surface area contributed by atoms with Crippen LogP contribution in [0.3, 0.4) is 0 Å². The summed E-state index contributed by atoms with van der Waals surface area (Å²) in [6.07, 6.45) is 0.185. The van der Waals surface area contributed by atoms with Gasteiger partial charge in [0.25, 0.3) is 0 Å². The highest BCUT2D eigenvalue weighted by atomic mass is 35.5. The Bertz CT molecular complexity index is 557. The van der Waals surface area contributed by atoms with E-state index >= 15 is 0 Å². The minimum Gasteiger partial charge on any atom is -0.398 e. The number of sulfonamides is 1. The Morgan fingerprint density at radius 2 is 1.85 bits per heavy atom. The number of nitrogens with two attached hydrogens (primary N) is 1. The third-order valence-corrected chi connectivity index (χ3v) is 5.26. The smallest absolute Gasteiger partial charge is 0.244 e. The van der Waals surface area contributed by atoms with Crippen molar-refractivity contribution in [3.05, 3.63) is 22.2 Å². The maximum atomic E-state index is 12.3. The second-order valence-electron chi connectivity index (χ2n) is 4.36.